The lowest BCUT2D eigenvalue weighted by molar-refractivity contribution is 0.0524. The highest BCUT2D eigenvalue weighted by atomic mass is 32.2. The molecule has 2 aliphatic rings. The Balaban J connectivity index is 1.90. The number of thioether (sulfide) groups is 1. The van der Waals surface area contributed by atoms with E-state index in [1.807, 2.05) is 30.8 Å². The molecule has 0 radical (unpaired) electrons. The monoisotopic (exact) mass is 278 g/mol. The number of esters is 1. The highest BCUT2D eigenvalue weighted by molar-refractivity contribution is 8.01. The first-order valence-corrected chi connectivity index (χ1v) is 7.61. The molecule has 2 heterocycles. The maximum Gasteiger partial charge on any atom is 0.338 e. The third kappa shape index (κ3) is 2.39. The van der Waals surface area contributed by atoms with E-state index in [1.165, 1.54) is 10.5 Å². The van der Waals surface area contributed by atoms with Crippen molar-refractivity contribution < 1.29 is 14.3 Å². The summed E-state index contributed by atoms with van der Waals surface area (Å²) in [6.07, 6.45) is 3.09. The van der Waals surface area contributed by atoms with Crippen LogP contribution in [-0.2, 0) is 15.9 Å². The van der Waals surface area contributed by atoms with Crippen molar-refractivity contribution in [1.82, 2.24) is 0 Å². The van der Waals surface area contributed by atoms with Crippen LogP contribution >= 0.6 is 11.8 Å². The van der Waals surface area contributed by atoms with E-state index in [4.69, 9.17) is 9.47 Å². The molecule has 3 rings (SSSR count). The SMILES string of the molecule is CCOC(=O)c1cccc2c1CC1(CCOCC1)S2. The van der Waals surface area contributed by atoms with E-state index in [1.54, 1.807) is 0 Å². The van der Waals surface area contributed by atoms with Gasteiger partial charge in [0.15, 0.2) is 0 Å². The topological polar surface area (TPSA) is 35.5 Å². The van der Waals surface area contributed by atoms with Crippen LogP contribution in [0.3, 0.4) is 0 Å². The predicted molar refractivity (Wildman–Crippen MR) is 74.7 cm³/mol. The fourth-order valence-corrected chi connectivity index (χ4v) is 4.36. The van der Waals surface area contributed by atoms with Gasteiger partial charge in [0.25, 0.3) is 0 Å². The van der Waals surface area contributed by atoms with Gasteiger partial charge >= 0.3 is 5.97 Å². The number of rotatable bonds is 2. The molecule has 19 heavy (non-hydrogen) atoms. The Kier molecular flexibility index (Phi) is 3.54. The number of carbonyl (C=O) groups is 1. The minimum absolute atomic E-state index is 0.191. The number of hydrogen-bond donors (Lipinski definition) is 0. The van der Waals surface area contributed by atoms with Crippen LogP contribution in [0.4, 0.5) is 0 Å². The van der Waals surface area contributed by atoms with Gasteiger partial charge in [-0.05, 0) is 43.9 Å². The van der Waals surface area contributed by atoms with Crippen LogP contribution in [0, 0.1) is 0 Å². The number of benzene rings is 1. The van der Waals surface area contributed by atoms with Crippen LogP contribution in [0.2, 0.25) is 0 Å². The van der Waals surface area contributed by atoms with Gasteiger partial charge in [0.1, 0.15) is 0 Å². The Morgan fingerprint density at radius 1 is 1.42 bits per heavy atom. The molecule has 4 heteroatoms. The van der Waals surface area contributed by atoms with Crippen molar-refractivity contribution >= 4 is 17.7 Å². The van der Waals surface area contributed by atoms with Crippen molar-refractivity contribution in [2.24, 2.45) is 0 Å². The summed E-state index contributed by atoms with van der Waals surface area (Å²) in [5.41, 5.74) is 1.92. The maximum absolute atomic E-state index is 12.0. The van der Waals surface area contributed by atoms with Gasteiger partial charge < -0.3 is 9.47 Å². The van der Waals surface area contributed by atoms with Crippen molar-refractivity contribution in [3.63, 3.8) is 0 Å². The molecule has 0 bridgehead atoms. The first-order chi connectivity index (χ1) is 9.24. The van der Waals surface area contributed by atoms with E-state index in [0.29, 0.717) is 6.61 Å². The second kappa shape index (κ2) is 5.17. The van der Waals surface area contributed by atoms with E-state index in [0.717, 1.165) is 38.0 Å². The highest BCUT2D eigenvalue weighted by Crippen LogP contribution is 2.51. The standard InChI is InChI=1S/C15H18O3S/c1-2-18-14(16)11-4-3-5-13-12(11)10-15(19-13)6-8-17-9-7-15/h3-5H,2,6-10H2,1H3. The van der Waals surface area contributed by atoms with Gasteiger partial charge in [-0.15, -0.1) is 11.8 Å². The van der Waals surface area contributed by atoms with E-state index in [-0.39, 0.29) is 10.7 Å². The van der Waals surface area contributed by atoms with E-state index >= 15 is 0 Å². The second-order valence-corrected chi connectivity index (χ2v) is 6.59. The third-order valence-corrected chi connectivity index (χ3v) is 5.45. The molecule has 1 aromatic carbocycles. The summed E-state index contributed by atoms with van der Waals surface area (Å²) in [7, 11) is 0. The summed E-state index contributed by atoms with van der Waals surface area (Å²) in [4.78, 5) is 13.3. The van der Waals surface area contributed by atoms with Gasteiger partial charge in [-0.2, -0.15) is 0 Å². The Morgan fingerprint density at radius 2 is 2.21 bits per heavy atom. The summed E-state index contributed by atoms with van der Waals surface area (Å²) < 4.78 is 10.9. The molecule has 1 fully saturated rings. The minimum Gasteiger partial charge on any atom is -0.462 e. The Morgan fingerprint density at radius 3 is 2.95 bits per heavy atom. The van der Waals surface area contributed by atoms with Crippen molar-refractivity contribution in [2.75, 3.05) is 19.8 Å². The fraction of sp³-hybridized carbons (Fsp3) is 0.533. The van der Waals surface area contributed by atoms with Crippen LogP contribution < -0.4 is 0 Å². The lowest BCUT2D eigenvalue weighted by Crippen LogP contribution is -2.32. The lowest BCUT2D eigenvalue weighted by atomic mass is 9.90. The summed E-state index contributed by atoms with van der Waals surface area (Å²) in [6.45, 7) is 3.93. The van der Waals surface area contributed by atoms with Crippen molar-refractivity contribution in [1.29, 1.82) is 0 Å². The third-order valence-electron chi connectivity index (χ3n) is 3.86. The molecule has 1 spiro atoms. The zero-order chi connectivity index (χ0) is 13.3. The van der Waals surface area contributed by atoms with Crippen LogP contribution in [0.5, 0.6) is 0 Å². The first-order valence-electron chi connectivity index (χ1n) is 6.80. The van der Waals surface area contributed by atoms with Crippen LogP contribution in [0.1, 0.15) is 35.7 Å². The molecule has 0 N–H and O–H groups in total. The second-order valence-electron chi connectivity index (χ2n) is 5.08. The molecule has 102 valence electrons. The van der Waals surface area contributed by atoms with Gasteiger partial charge in [0, 0.05) is 22.9 Å². The van der Waals surface area contributed by atoms with Gasteiger partial charge in [-0.25, -0.2) is 4.79 Å². The van der Waals surface area contributed by atoms with Gasteiger partial charge in [-0.3, -0.25) is 0 Å². The van der Waals surface area contributed by atoms with Crippen molar-refractivity contribution in [3.8, 4) is 0 Å². The lowest BCUT2D eigenvalue weighted by Gasteiger charge is -2.32. The van der Waals surface area contributed by atoms with Crippen molar-refractivity contribution in [2.45, 2.75) is 35.8 Å². The molecule has 3 nitrogen and oxygen atoms in total. The largest absolute Gasteiger partial charge is 0.462 e. The number of fused-ring (bicyclic) bond motifs is 1. The van der Waals surface area contributed by atoms with Crippen LogP contribution in [0.15, 0.2) is 23.1 Å². The molecule has 1 aromatic rings. The van der Waals surface area contributed by atoms with Crippen molar-refractivity contribution in [3.05, 3.63) is 29.3 Å². The van der Waals surface area contributed by atoms with E-state index < -0.39 is 0 Å². The molecule has 0 aromatic heterocycles. The summed E-state index contributed by atoms with van der Waals surface area (Å²) in [5, 5.41) is 0. The molecule has 0 unspecified atom stereocenters. The molecule has 2 aliphatic heterocycles. The van der Waals surface area contributed by atoms with Crippen LogP contribution in [-0.4, -0.2) is 30.5 Å². The van der Waals surface area contributed by atoms with Gasteiger partial charge in [-0.1, -0.05) is 6.07 Å². The Labute approximate surface area is 117 Å². The molecule has 0 saturated carbocycles. The Hall–Kier alpha value is -1.00. The molecule has 1 saturated heterocycles. The maximum atomic E-state index is 12.0. The minimum atomic E-state index is -0.191. The molecule has 0 amide bonds. The van der Waals surface area contributed by atoms with Gasteiger partial charge in [0.2, 0.25) is 0 Å². The fourth-order valence-electron chi connectivity index (χ4n) is 2.86. The van der Waals surface area contributed by atoms with Crippen LogP contribution in [0.25, 0.3) is 0 Å². The summed E-state index contributed by atoms with van der Waals surface area (Å²) in [6, 6.07) is 5.96. The van der Waals surface area contributed by atoms with E-state index in [2.05, 4.69) is 6.07 Å². The number of ether oxygens (including phenoxy) is 2. The molecular weight excluding hydrogens is 260 g/mol. The predicted octanol–water partition coefficient (Wildman–Crippen LogP) is 3.06. The van der Waals surface area contributed by atoms with Gasteiger partial charge in [0.05, 0.1) is 12.2 Å². The first kappa shape index (κ1) is 13.0. The Bertz CT molecular complexity index is 492. The highest BCUT2D eigenvalue weighted by Gasteiger charge is 2.41. The number of carbonyl (C=O) groups excluding carboxylic acids is 1. The molecule has 0 atom stereocenters. The molecular formula is C15H18O3S. The number of hydrogen-bond acceptors (Lipinski definition) is 4. The summed E-state index contributed by atoms with van der Waals surface area (Å²) >= 11 is 1.92. The normalized spacial score (nSPS) is 20.3. The summed E-state index contributed by atoms with van der Waals surface area (Å²) in [5.74, 6) is -0.191. The average molecular weight is 278 g/mol. The average Bonchev–Trinajstić information content (AvgIpc) is 2.76. The smallest absolute Gasteiger partial charge is 0.338 e. The van der Waals surface area contributed by atoms with E-state index in [9.17, 15) is 4.79 Å². The zero-order valence-electron chi connectivity index (χ0n) is 11.1. The zero-order valence-corrected chi connectivity index (χ0v) is 11.9. The molecule has 0 aliphatic carbocycles. The quantitative estimate of drug-likeness (QED) is 0.779.